The van der Waals surface area contributed by atoms with E-state index in [2.05, 4.69) is 10.3 Å². The quantitative estimate of drug-likeness (QED) is 0.593. The van der Waals surface area contributed by atoms with Gasteiger partial charge in [-0.3, -0.25) is 9.78 Å². The molecule has 1 unspecified atom stereocenters. The van der Waals surface area contributed by atoms with E-state index in [-0.39, 0.29) is 48.3 Å². The van der Waals surface area contributed by atoms with E-state index < -0.39 is 11.9 Å². The zero-order valence-electron chi connectivity index (χ0n) is 15.4. The molecule has 1 heterocycles. The van der Waals surface area contributed by atoms with Crippen LogP contribution in [0.2, 0.25) is 0 Å². The van der Waals surface area contributed by atoms with Gasteiger partial charge >= 0.3 is 29.6 Å². The van der Waals surface area contributed by atoms with Crippen LogP contribution in [0.1, 0.15) is 17.7 Å². The number of fused-ring (bicyclic) bond motifs is 1. The van der Waals surface area contributed by atoms with Crippen molar-refractivity contribution in [3.63, 3.8) is 0 Å². The molecule has 3 aromatic rings. The summed E-state index contributed by atoms with van der Waals surface area (Å²) in [4.78, 5) is 28.1. The number of carboxylic acid groups (broad SMARTS) is 1. The molecule has 1 aromatic heterocycles. The third kappa shape index (κ3) is 5.89. The number of carbonyl (C=O) groups is 2. The van der Waals surface area contributed by atoms with Gasteiger partial charge < -0.3 is 15.2 Å². The van der Waals surface area contributed by atoms with Crippen molar-refractivity contribution < 1.29 is 44.3 Å². The van der Waals surface area contributed by atoms with E-state index in [1.54, 1.807) is 6.07 Å². The smallest absolute Gasteiger partial charge is 0.550 e. The third-order valence-electron chi connectivity index (χ3n) is 4.20. The van der Waals surface area contributed by atoms with Crippen LogP contribution < -0.4 is 40.0 Å². The van der Waals surface area contributed by atoms with Crippen molar-refractivity contribution in [1.29, 1.82) is 0 Å². The van der Waals surface area contributed by atoms with Gasteiger partial charge in [0.15, 0.2) is 0 Å². The van der Waals surface area contributed by atoms with Gasteiger partial charge in [0, 0.05) is 35.1 Å². The predicted octanol–water partition coefficient (Wildman–Crippen LogP) is -0.515. The van der Waals surface area contributed by atoms with Gasteiger partial charge in [0.2, 0.25) is 5.91 Å². The van der Waals surface area contributed by atoms with Crippen LogP contribution in [0.25, 0.3) is 10.9 Å². The number of carboxylic acids is 1. The van der Waals surface area contributed by atoms with Gasteiger partial charge in [-0.25, -0.2) is 0 Å². The molecule has 3 rings (SSSR count). The number of hydrogen-bond donors (Lipinski definition) is 1. The number of pyridine rings is 1. The van der Waals surface area contributed by atoms with E-state index in [4.69, 9.17) is 0 Å². The zero-order chi connectivity index (χ0) is 18.5. The van der Waals surface area contributed by atoms with Crippen LogP contribution in [0.4, 0.5) is 5.69 Å². The molecule has 0 bridgehead atoms. The monoisotopic (exact) mass is 370 g/mol. The van der Waals surface area contributed by atoms with Gasteiger partial charge in [-0.1, -0.05) is 36.4 Å². The molecule has 1 amide bonds. The van der Waals surface area contributed by atoms with Crippen molar-refractivity contribution in [2.24, 2.45) is 5.92 Å². The summed E-state index contributed by atoms with van der Waals surface area (Å²) < 4.78 is 0. The van der Waals surface area contributed by atoms with Crippen molar-refractivity contribution in [3.05, 3.63) is 71.9 Å². The number of aliphatic carboxylic acids is 1. The molecule has 0 aliphatic rings. The number of rotatable bonds is 6. The minimum Gasteiger partial charge on any atom is -0.550 e. The van der Waals surface area contributed by atoms with Crippen LogP contribution in [0.5, 0.6) is 0 Å². The minimum atomic E-state index is -1.22. The molecule has 1 atom stereocenters. The van der Waals surface area contributed by atoms with E-state index in [1.165, 1.54) is 0 Å². The molecule has 27 heavy (non-hydrogen) atoms. The van der Waals surface area contributed by atoms with Crippen LogP contribution in [-0.2, 0) is 16.0 Å². The molecule has 1 N–H and O–H groups in total. The number of anilines is 1. The molecule has 0 aliphatic heterocycles. The SMILES string of the molecule is Cc1ccc2cc(NC(=O)CC(Cc3ccccc3)C(=O)[O-])ccc2n1.[Na+]. The zero-order valence-corrected chi connectivity index (χ0v) is 17.4. The summed E-state index contributed by atoms with van der Waals surface area (Å²) in [6, 6.07) is 18.5. The maximum absolute atomic E-state index is 12.3. The Morgan fingerprint density at radius 1 is 1.07 bits per heavy atom. The maximum Gasteiger partial charge on any atom is 1.00 e. The maximum atomic E-state index is 12.3. The molecule has 0 spiro atoms. The Labute approximate surface area is 180 Å². The Kier molecular flexibility index (Phi) is 7.54. The molecule has 132 valence electrons. The fraction of sp³-hybridized carbons (Fsp3) is 0.190. The summed E-state index contributed by atoms with van der Waals surface area (Å²) in [6.45, 7) is 1.92. The second kappa shape index (κ2) is 9.65. The molecule has 0 saturated carbocycles. The van der Waals surface area contributed by atoms with Crippen molar-refractivity contribution in [1.82, 2.24) is 4.98 Å². The predicted molar refractivity (Wildman–Crippen MR) is 98.4 cm³/mol. The van der Waals surface area contributed by atoms with Crippen LogP contribution >= 0.6 is 0 Å². The summed E-state index contributed by atoms with van der Waals surface area (Å²) in [5.41, 5.74) is 3.25. The molecular formula is C21H19N2NaO3. The molecule has 0 radical (unpaired) electrons. The average molecular weight is 370 g/mol. The first-order valence-corrected chi connectivity index (χ1v) is 8.43. The first-order valence-electron chi connectivity index (χ1n) is 8.43. The Bertz CT molecular complexity index is 945. The summed E-state index contributed by atoms with van der Waals surface area (Å²) >= 11 is 0. The number of nitrogens with one attached hydrogen (secondary N) is 1. The number of hydrogen-bond acceptors (Lipinski definition) is 4. The van der Waals surface area contributed by atoms with Crippen LogP contribution in [0.3, 0.4) is 0 Å². The summed E-state index contributed by atoms with van der Waals surface area (Å²) in [7, 11) is 0. The first kappa shape index (κ1) is 21.1. The summed E-state index contributed by atoms with van der Waals surface area (Å²) in [5, 5.41) is 15.1. The van der Waals surface area contributed by atoms with Crippen molar-refractivity contribution in [2.45, 2.75) is 19.8 Å². The van der Waals surface area contributed by atoms with Crippen molar-refractivity contribution >= 4 is 28.5 Å². The molecule has 0 fully saturated rings. The molecular weight excluding hydrogens is 351 g/mol. The fourth-order valence-electron chi connectivity index (χ4n) is 2.88. The van der Waals surface area contributed by atoms with Gasteiger partial charge in [-0.2, -0.15) is 0 Å². The number of aryl methyl sites for hydroxylation is 1. The van der Waals surface area contributed by atoms with Gasteiger partial charge in [0.25, 0.3) is 0 Å². The molecule has 0 saturated heterocycles. The van der Waals surface area contributed by atoms with E-state index in [0.29, 0.717) is 5.69 Å². The van der Waals surface area contributed by atoms with Crippen LogP contribution in [0, 0.1) is 12.8 Å². The summed E-state index contributed by atoms with van der Waals surface area (Å²) in [5.74, 6) is -2.45. The Morgan fingerprint density at radius 3 is 2.52 bits per heavy atom. The van der Waals surface area contributed by atoms with Gasteiger partial charge in [0.1, 0.15) is 0 Å². The number of benzene rings is 2. The largest absolute Gasteiger partial charge is 1.00 e. The second-order valence-electron chi connectivity index (χ2n) is 6.32. The van der Waals surface area contributed by atoms with Gasteiger partial charge in [0.05, 0.1) is 5.52 Å². The summed E-state index contributed by atoms with van der Waals surface area (Å²) in [6.07, 6.45) is 0.124. The Hall–Kier alpha value is -2.21. The van der Waals surface area contributed by atoms with E-state index in [9.17, 15) is 14.7 Å². The Morgan fingerprint density at radius 2 is 1.81 bits per heavy atom. The molecule has 5 nitrogen and oxygen atoms in total. The number of amides is 1. The van der Waals surface area contributed by atoms with Gasteiger partial charge in [-0.15, -0.1) is 0 Å². The normalized spacial score (nSPS) is 11.4. The topological polar surface area (TPSA) is 82.1 Å². The second-order valence-corrected chi connectivity index (χ2v) is 6.32. The number of carbonyl (C=O) groups excluding carboxylic acids is 2. The molecule has 0 aliphatic carbocycles. The number of aromatic nitrogens is 1. The van der Waals surface area contributed by atoms with Crippen molar-refractivity contribution in [2.75, 3.05) is 5.32 Å². The molecule has 2 aromatic carbocycles. The Balaban J connectivity index is 0.00000261. The standard InChI is InChI=1S/C21H20N2O3.Na/c1-14-7-8-16-12-18(9-10-19(16)22-14)23-20(24)13-17(21(25)26)11-15-5-3-2-4-6-15;/h2-10,12,17H,11,13H2,1H3,(H,23,24)(H,25,26);/q;+1/p-1. The van der Waals surface area contributed by atoms with Gasteiger partial charge in [-0.05, 0) is 43.2 Å². The minimum absolute atomic E-state index is 0. The van der Waals surface area contributed by atoms with E-state index in [0.717, 1.165) is 22.2 Å². The van der Waals surface area contributed by atoms with E-state index in [1.807, 2.05) is 61.5 Å². The fourth-order valence-corrected chi connectivity index (χ4v) is 2.88. The third-order valence-corrected chi connectivity index (χ3v) is 4.20. The van der Waals surface area contributed by atoms with E-state index >= 15 is 0 Å². The van der Waals surface area contributed by atoms with Crippen LogP contribution in [0.15, 0.2) is 60.7 Å². The number of nitrogens with zero attached hydrogens (tertiary/aromatic N) is 1. The first-order chi connectivity index (χ1) is 12.5. The average Bonchev–Trinajstić information content (AvgIpc) is 2.62. The van der Waals surface area contributed by atoms with Crippen molar-refractivity contribution in [3.8, 4) is 0 Å². The van der Waals surface area contributed by atoms with Crippen LogP contribution in [-0.4, -0.2) is 16.9 Å². The molecule has 6 heteroatoms.